The van der Waals surface area contributed by atoms with Crippen molar-refractivity contribution < 1.29 is 0 Å². The standard InChI is InChI=1S/C18H30N4S/c1-2-19-18(20-11-9-17-8-5-13-23-17)21-15-10-12-22(14-15)16-6-3-4-7-16/h5,8,13,15-16H,2-4,6-7,9-12,14H2,1H3,(H2,19,20,21). The molecule has 2 heterocycles. The molecule has 1 aliphatic heterocycles. The van der Waals surface area contributed by atoms with Crippen LogP contribution in [0, 0.1) is 0 Å². The minimum Gasteiger partial charge on any atom is -0.357 e. The maximum absolute atomic E-state index is 4.76. The van der Waals surface area contributed by atoms with E-state index in [0.717, 1.165) is 31.5 Å². The zero-order chi connectivity index (χ0) is 15.9. The quantitative estimate of drug-likeness (QED) is 0.621. The van der Waals surface area contributed by atoms with Crippen molar-refractivity contribution in [2.24, 2.45) is 4.99 Å². The monoisotopic (exact) mass is 334 g/mol. The van der Waals surface area contributed by atoms with E-state index in [9.17, 15) is 0 Å². The predicted molar refractivity (Wildman–Crippen MR) is 99.4 cm³/mol. The largest absolute Gasteiger partial charge is 0.357 e. The Morgan fingerprint density at radius 3 is 2.96 bits per heavy atom. The van der Waals surface area contributed by atoms with Gasteiger partial charge in [0.05, 0.1) is 0 Å². The number of thiophene rings is 1. The molecule has 1 aromatic rings. The molecule has 3 rings (SSSR count). The summed E-state index contributed by atoms with van der Waals surface area (Å²) in [6.45, 7) is 6.34. The minimum atomic E-state index is 0.551. The molecule has 1 atom stereocenters. The lowest BCUT2D eigenvalue weighted by Crippen LogP contribution is -2.45. The van der Waals surface area contributed by atoms with Gasteiger partial charge in [0.15, 0.2) is 5.96 Å². The molecule has 4 nitrogen and oxygen atoms in total. The Bertz CT molecular complexity index is 479. The van der Waals surface area contributed by atoms with Crippen LogP contribution in [0.5, 0.6) is 0 Å². The number of likely N-dealkylation sites (tertiary alicyclic amines) is 1. The van der Waals surface area contributed by atoms with E-state index in [2.05, 4.69) is 40.0 Å². The molecule has 1 saturated carbocycles. The molecular weight excluding hydrogens is 304 g/mol. The van der Waals surface area contributed by atoms with Crippen molar-refractivity contribution in [3.8, 4) is 0 Å². The van der Waals surface area contributed by atoms with Crippen LogP contribution < -0.4 is 10.6 Å². The van der Waals surface area contributed by atoms with Gasteiger partial charge in [-0.05, 0) is 37.6 Å². The van der Waals surface area contributed by atoms with Crippen LogP contribution in [0.25, 0.3) is 0 Å². The SMILES string of the molecule is CCNC(=NCCc1cccs1)NC1CCN(C2CCCC2)C1. The normalized spacial score (nSPS) is 23.5. The van der Waals surface area contributed by atoms with E-state index in [-0.39, 0.29) is 0 Å². The van der Waals surface area contributed by atoms with Crippen molar-refractivity contribution in [3.05, 3.63) is 22.4 Å². The average Bonchev–Trinajstić information content (AvgIpc) is 3.30. The molecular formula is C18H30N4S. The Morgan fingerprint density at radius 2 is 2.22 bits per heavy atom. The van der Waals surface area contributed by atoms with Crippen molar-refractivity contribution in [1.82, 2.24) is 15.5 Å². The maximum Gasteiger partial charge on any atom is 0.191 e. The summed E-state index contributed by atoms with van der Waals surface area (Å²) in [7, 11) is 0. The number of hydrogen-bond acceptors (Lipinski definition) is 3. The summed E-state index contributed by atoms with van der Waals surface area (Å²) in [6, 6.07) is 5.70. The maximum atomic E-state index is 4.76. The van der Waals surface area contributed by atoms with E-state index >= 15 is 0 Å². The van der Waals surface area contributed by atoms with E-state index < -0.39 is 0 Å². The van der Waals surface area contributed by atoms with Crippen LogP contribution in [0.15, 0.2) is 22.5 Å². The third-order valence-corrected chi connectivity index (χ3v) is 5.89. The van der Waals surface area contributed by atoms with Gasteiger partial charge in [-0.25, -0.2) is 0 Å². The molecule has 1 aromatic heterocycles. The summed E-state index contributed by atoms with van der Waals surface area (Å²) in [5, 5.41) is 9.19. The van der Waals surface area contributed by atoms with Crippen molar-refractivity contribution >= 4 is 17.3 Å². The summed E-state index contributed by atoms with van der Waals surface area (Å²) in [5.41, 5.74) is 0. The third-order valence-electron chi connectivity index (χ3n) is 4.95. The number of aliphatic imine (C=N–C) groups is 1. The first-order valence-electron chi connectivity index (χ1n) is 9.16. The number of hydrogen-bond donors (Lipinski definition) is 2. The van der Waals surface area contributed by atoms with Gasteiger partial charge in [0.2, 0.25) is 0 Å². The van der Waals surface area contributed by atoms with Crippen LogP contribution in [-0.4, -0.2) is 49.1 Å². The van der Waals surface area contributed by atoms with Gasteiger partial charge in [0, 0.05) is 49.6 Å². The highest BCUT2D eigenvalue weighted by Gasteiger charge is 2.30. The molecule has 0 aromatic carbocycles. The number of guanidine groups is 1. The van der Waals surface area contributed by atoms with E-state index in [1.807, 2.05) is 11.3 Å². The summed E-state index contributed by atoms with van der Waals surface area (Å²) in [6.07, 6.45) is 7.93. The lowest BCUT2D eigenvalue weighted by Gasteiger charge is -2.24. The van der Waals surface area contributed by atoms with E-state index in [4.69, 9.17) is 4.99 Å². The predicted octanol–water partition coefficient (Wildman–Crippen LogP) is 2.86. The molecule has 23 heavy (non-hydrogen) atoms. The Morgan fingerprint density at radius 1 is 1.35 bits per heavy atom. The first-order valence-corrected chi connectivity index (χ1v) is 10.0. The van der Waals surface area contributed by atoms with Gasteiger partial charge in [-0.15, -0.1) is 11.3 Å². The van der Waals surface area contributed by atoms with Crippen LogP contribution in [0.1, 0.15) is 43.9 Å². The highest BCUT2D eigenvalue weighted by molar-refractivity contribution is 7.09. The second kappa shape index (κ2) is 8.69. The zero-order valence-electron chi connectivity index (χ0n) is 14.3. The van der Waals surface area contributed by atoms with Crippen LogP contribution in [-0.2, 0) is 6.42 Å². The lowest BCUT2D eigenvalue weighted by molar-refractivity contribution is 0.242. The molecule has 0 radical (unpaired) electrons. The molecule has 0 spiro atoms. The summed E-state index contributed by atoms with van der Waals surface area (Å²) < 4.78 is 0. The molecule has 2 N–H and O–H groups in total. The van der Waals surface area contributed by atoms with E-state index in [0.29, 0.717) is 6.04 Å². The Balaban J connectivity index is 1.46. The second-order valence-corrected chi connectivity index (χ2v) is 7.69. The average molecular weight is 335 g/mol. The third kappa shape index (κ3) is 4.95. The first kappa shape index (κ1) is 16.8. The molecule has 1 saturated heterocycles. The van der Waals surface area contributed by atoms with Gasteiger partial charge < -0.3 is 10.6 Å². The highest BCUT2D eigenvalue weighted by atomic mass is 32.1. The molecule has 1 unspecified atom stereocenters. The summed E-state index contributed by atoms with van der Waals surface area (Å²) in [4.78, 5) is 8.87. The van der Waals surface area contributed by atoms with Gasteiger partial charge in [0.1, 0.15) is 0 Å². The Labute approximate surface area is 144 Å². The summed E-state index contributed by atoms with van der Waals surface area (Å²) >= 11 is 1.82. The Hall–Kier alpha value is -1.07. The molecule has 2 aliphatic rings. The highest BCUT2D eigenvalue weighted by Crippen LogP contribution is 2.26. The van der Waals surface area contributed by atoms with Crippen molar-refractivity contribution in [3.63, 3.8) is 0 Å². The van der Waals surface area contributed by atoms with Gasteiger partial charge in [-0.3, -0.25) is 9.89 Å². The van der Waals surface area contributed by atoms with Crippen LogP contribution in [0.2, 0.25) is 0 Å². The van der Waals surface area contributed by atoms with Crippen molar-refractivity contribution in [2.75, 3.05) is 26.2 Å². The number of nitrogens with one attached hydrogen (secondary N) is 2. The van der Waals surface area contributed by atoms with Crippen LogP contribution in [0.3, 0.4) is 0 Å². The lowest BCUT2D eigenvalue weighted by atomic mass is 10.2. The number of rotatable bonds is 6. The molecule has 1 aliphatic carbocycles. The Kier molecular flexibility index (Phi) is 6.34. The first-order chi connectivity index (χ1) is 11.3. The van der Waals surface area contributed by atoms with E-state index in [1.165, 1.54) is 50.1 Å². The molecule has 2 fully saturated rings. The van der Waals surface area contributed by atoms with Gasteiger partial charge in [-0.1, -0.05) is 18.9 Å². The fraction of sp³-hybridized carbons (Fsp3) is 0.722. The van der Waals surface area contributed by atoms with Crippen molar-refractivity contribution in [2.45, 2.75) is 57.5 Å². The molecule has 128 valence electrons. The van der Waals surface area contributed by atoms with Gasteiger partial charge >= 0.3 is 0 Å². The molecule has 0 amide bonds. The molecule has 0 bridgehead atoms. The fourth-order valence-corrected chi connectivity index (χ4v) is 4.45. The van der Waals surface area contributed by atoms with Crippen LogP contribution >= 0.6 is 11.3 Å². The van der Waals surface area contributed by atoms with Gasteiger partial charge in [0.25, 0.3) is 0 Å². The second-order valence-electron chi connectivity index (χ2n) is 6.65. The smallest absolute Gasteiger partial charge is 0.191 e. The summed E-state index contributed by atoms with van der Waals surface area (Å²) in [5.74, 6) is 0.988. The number of nitrogens with zero attached hydrogens (tertiary/aromatic N) is 2. The topological polar surface area (TPSA) is 39.7 Å². The zero-order valence-corrected chi connectivity index (χ0v) is 15.1. The van der Waals surface area contributed by atoms with Gasteiger partial charge in [-0.2, -0.15) is 0 Å². The fourth-order valence-electron chi connectivity index (χ4n) is 3.75. The van der Waals surface area contributed by atoms with Crippen molar-refractivity contribution in [1.29, 1.82) is 0 Å². The molecule has 5 heteroatoms. The van der Waals surface area contributed by atoms with Crippen LogP contribution in [0.4, 0.5) is 0 Å². The van der Waals surface area contributed by atoms with E-state index in [1.54, 1.807) is 0 Å². The minimum absolute atomic E-state index is 0.551.